The van der Waals surface area contributed by atoms with Crippen LogP contribution in [0, 0.1) is 0 Å². The first-order valence-electron chi connectivity index (χ1n) is 10.5. The molecule has 1 aliphatic heterocycles. The normalized spacial score (nSPS) is 18.6. The van der Waals surface area contributed by atoms with Gasteiger partial charge in [-0.3, -0.25) is 4.79 Å². The van der Waals surface area contributed by atoms with Crippen molar-refractivity contribution in [1.82, 2.24) is 4.90 Å². The number of ether oxygens (including phenoxy) is 5. The zero-order chi connectivity index (χ0) is 22.9. The number of aliphatic hydroxyl groups excluding tert-OH is 1. The molecule has 9 nitrogen and oxygen atoms in total. The van der Waals surface area contributed by atoms with E-state index in [4.69, 9.17) is 33.2 Å². The first-order valence-corrected chi connectivity index (χ1v) is 10.5. The number of hydrogen-bond acceptors (Lipinski definition) is 8. The molecule has 0 aliphatic carbocycles. The predicted molar refractivity (Wildman–Crippen MR) is 116 cm³/mol. The first-order chi connectivity index (χ1) is 15.6. The summed E-state index contributed by atoms with van der Waals surface area (Å²) in [5.41, 5.74) is 1.75. The molecule has 0 saturated carbocycles. The minimum atomic E-state index is -0.635. The molecule has 3 rings (SSSR count). The van der Waals surface area contributed by atoms with Crippen molar-refractivity contribution in [3.05, 3.63) is 47.9 Å². The minimum absolute atomic E-state index is 0.0484. The van der Waals surface area contributed by atoms with Crippen molar-refractivity contribution >= 4 is 16.9 Å². The average molecular weight is 450 g/mol. The predicted octanol–water partition coefficient (Wildman–Crippen LogP) is 2.25. The number of benzene rings is 1. The van der Waals surface area contributed by atoms with Gasteiger partial charge in [0.15, 0.2) is 12.0 Å². The number of aliphatic hydroxyl groups is 1. The van der Waals surface area contributed by atoms with Crippen molar-refractivity contribution in [2.45, 2.75) is 24.9 Å². The van der Waals surface area contributed by atoms with Gasteiger partial charge in [0.1, 0.15) is 5.58 Å². The number of furan rings is 1. The Bertz CT molecular complexity index is 891. The van der Waals surface area contributed by atoms with Crippen molar-refractivity contribution in [3.63, 3.8) is 0 Å². The molecule has 0 bridgehead atoms. The maximum atomic E-state index is 13.1. The topological polar surface area (TPSA) is 99.8 Å². The van der Waals surface area contributed by atoms with Gasteiger partial charge in [0.25, 0.3) is 5.91 Å². The van der Waals surface area contributed by atoms with Gasteiger partial charge in [0, 0.05) is 44.6 Å². The maximum absolute atomic E-state index is 13.1. The second-order valence-electron chi connectivity index (χ2n) is 7.40. The van der Waals surface area contributed by atoms with Crippen molar-refractivity contribution in [3.8, 4) is 0 Å². The summed E-state index contributed by atoms with van der Waals surface area (Å²) in [6.07, 6.45) is 2.87. The van der Waals surface area contributed by atoms with Gasteiger partial charge < -0.3 is 38.1 Å². The van der Waals surface area contributed by atoms with Crippen molar-refractivity contribution in [2.75, 3.05) is 54.2 Å². The van der Waals surface area contributed by atoms with E-state index in [1.54, 1.807) is 13.3 Å². The summed E-state index contributed by atoms with van der Waals surface area (Å²) in [6, 6.07) is 7.77. The van der Waals surface area contributed by atoms with Gasteiger partial charge in [0.05, 0.1) is 39.2 Å². The number of methoxy groups -OCH3 is 2. The minimum Gasteiger partial charge on any atom is -0.464 e. The largest absolute Gasteiger partial charge is 0.464 e. The zero-order valence-electron chi connectivity index (χ0n) is 18.7. The van der Waals surface area contributed by atoms with Crippen LogP contribution in [-0.2, 0) is 28.5 Å². The zero-order valence-corrected chi connectivity index (χ0v) is 18.7. The van der Waals surface area contributed by atoms with E-state index in [9.17, 15) is 4.79 Å². The molecule has 0 unspecified atom stereocenters. The standard InChI is InChI=1S/C23H31NO8/c1-24(14-22(27-2)28-3)23(26)20-12-16(13-21(32-20)30-11-10-29-9-8-25)18-15-31-19-7-5-4-6-17(18)19/h4-7,12,15-16,21-22,25H,8-11,13-14H2,1-3H3/t16-,21+/m0/s1. The molecule has 1 amide bonds. The van der Waals surface area contributed by atoms with Crippen molar-refractivity contribution in [1.29, 1.82) is 0 Å². The average Bonchev–Trinajstić information content (AvgIpc) is 3.26. The first kappa shape index (κ1) is 24.2. The third kappa shape index (κ3) is 6.08. The van der Waals surface area contributed by atoms with Crippen molar-refractivity contribution in [2.24, 2.45) is 0 Å². The molecule has 2 aromatic rings. The third-order valence-corrected chi connectivity index (χ3v) is 5.24. The van der Waals surface area contributed by atoms with E-state index >= 15 is 0 Å². The maximum Gasteiger partial charge on any atom is 0.288 e. The van der Waals surface area contributed by atoms with Crippen LogP contribution in [0.1, 0.15) is 17.9 Å². The molecule has 0 radical (unpaired) electrons. The highest BCUT2D eigenvalue weighted by Gasteiger charge is 2.32. The van der Waals surface area contributed by atoms with Crippen LogP contribution in [0.15, 0.2) is 46.8 Å². The summed E-state index contributed by atoms with van der Waals surface area (Å²) in [5, 5.41) is 9.81. The number of hydrogen-bond donors (Lipinski definition) is 1. The van der Waals surface area contributed by atoms with Gasteiger partial charge in [-0.15, -0.1) is 0 Å². The molecule has 2 atom stereocenters. The molecule has 0 saturated heterocycles. The second-order valence-corrected chi connectivity index (χ2v) is 7.40. The smallest absolute Gasteiger partial charge is 0.288 e. The lowest BCUT2D eigenvalue weighted by Gasteiger charge is -2.31. The Morgan fingerprint density at radius 2 is 2.00 bits per heavy atom. The Morgan fingerprint density at radius 1 is 1.22 bits per heavy atom. The number of likely N-dealkylation sites (N-methyl/N-ethyl adjacent to an activating group) is 1. The fourth-order valence-corrected chi connectivity index (χ4v) is 3.56. The van der Waals surface area contributed by atoms with E-state index in [2.05, 4.69) is 0 Å². The van der Waals surface area contributed by atoms with Gasteiger partial charge in [0.2, 0.25) is 6.29 Å². The Kier molecular flexibility index (Phi) is 9.07. The number of fused-ring (bicyclic) bond motifs is 1. The van der Waals surface area contributed by atoms with E-state index < -0.39 is 12.6 Å². The molecular formula is C23H31NO8. The molecule has 32 heavy (non-hydrogen) atoms. The fraction of sp³-hybridized carbons (Fsp3) is 0.522. The molecule has 2 heterocycles. The monoisotopic (exact) mass is 449 g/mol. The van der Waals surface area contributed by atoms with Crippen LogP contribution in [0.4, 0.5) is 0 Å². The molecule has 1 aliphatic rings. The quantitative estimate of drug-likeness (QED) is 0.389. The Balaban J connectivity index is 1.78. The lowest BCUT2D eigenvalue weighted by Crippen LogP contribution is -2.39. The third-order valence-electron chi connectivity index (χ3n) is 5.24. The van der Waals surface area contributed by atoms with Gasteiger partial charge in [-0.05, 0) is 12.1 Å². The molecule has 176 valence electrons. The van der Waals surface area contributed by atoms with Crippen LogP contribution in [0.25, 0.3) is 11.0 Å². The number of amides is 1. The highest BCUT2D eigenvalue weighted by molar-refractivity contribution is 5.92. The molecule has 0 spiro atoms. The highest BCUT2D eigenvalue weighted by Crippen LogP contribution is 2.36. The summed E-state index contributed by atoms with van der Waals surface area (Å²) < 4.78 is 33.1. The van der Waals surface area contributed by atoms with Gasteiger partial charge in [-0.25, -0.2) is 0 Å². The van der Waals surface area contributed by atoms with E-state index in [0.717, 1.165) is 16.5 Å². The van der Waals surface area contributed by atoms with E-state index in [1.165, 1.54) is 19.1 Å². The number of nitrogens with zero attached hydrogens (tertiary/aromatic N) is 1. The number of para-hydroxylation sites is 1. The van der Waals surface area contributed by atoms with Crippen LogP contribution in [0.2, 0.25) is 0 Å². The summed E-state index contributed by atoms with van der Waals surface area (Å²) >= 11 is 0. The summed E-state index contributed by atoms with van der Waals surface area (Å²) in [4.78, 5) is 14.6. The van der Waals surface area contributed by atoms with Crippen LogP contribution in [0.5, 0.6) is 0 Å². The lowest BCUT2D eigenvalue weighted by molar-refractivity contribution is -0.161. The summed E-state index contributed by atoms with van der Waals surface area (Å²) in [7, 11) is 4.70. The van der Waals surface area contributed by atoms with Gasteiger partial charge in [-0.1, -0.05) is 18.2 Å². The fourth-order valence-electron chi connectivity index (χ4n) is 3.56. The number of allylic oxidation sites excluding steroid dienone is 1. The van der Waals surface area contributed by atoms with E-state index in [1.807, 2.05) is 30.3 Å². The van der Waals surface area contributed by atoms with Gasteiger partial charge >= 0.3 is 0 Å². The van der Waals surface area contributed by atoms with Crippen LogP contribution >= 0.6 is 0 Å². The second kappa shape index (κ2) is 12.0. The lowest BCUT2D eigenvalue weighted by atomic mass is 9.92. The molecule has 0 fully saturated rings. The Morgan fingerprint density at radius 3 is 2.75 bits per heavy atom. The van der Waals surface area contributed by atoms with E-state index in [-0.39, 0.29) is 43.9 Å². The number of carbonyl (C=O) groups excluding carboxylic acids is 1. The summed E-state index contributed by atoms with van der Waals surface area (Å²) in [6.45, 7) is 1.03. The summed E-state index contributed by atoms with van der Waals surface area (Å²) in [5.74, 6) is -0.239. The molecule has 1 aromatic carbocycles. The van der Waals surface area contributed by atoms with Crippen LogP contribution < -0.4 is 0 Å². The number of rotatable bonds is 12. The Labute approximate surface area is 187 Å². The number of carbonyl (C=O) groups is 1. The molecule has 9 heteroatoms. The molecule has 1 aromatic heterocycles. The SMILES string of the molecule is COC(CN(C)C(=O)C1=C[C@H](c2coc3ccccc23)C[C@H](OCCOCCO)O1)OC. The molecular weight excluding hydrogens is 418 g/mol. The van der Waals surface area contributed by atoms with Crippen LogP contribution in [-0.4, -0.2) is 82.7 Å². The van der Waals surface area contributed by atoms with E-state index in [0.29, 0.717) is 13.0 Å². The van der Waals surface area contributed by atoms with Gasteiger partial charge in [-0.2, -0.15) is 0 Å². The Hall–Kier alpha value is -2.43. The molecule has 1 N–H and O–H groups in total. The van der Waals surface area contributed by atoms with Crippen LogP contribution in [0.3, 0.4) is 0 Å². The highest BCUT2D eigenvalue weighted by atomic mass is 16.7. The van der Waals surface area contributed by atoms with Crippen molar-refractivity contribution < 1.29 is 38.0 Å².